The average molecular weight is 378 g/mol. The molecule has 6 heteroatoms. The van der Waals surface area contributed by atoms with Gasteiger partial charge in [0, 0.05) is 12.6 Å². The molecule has 144 valence electrons. The summed E-state index contributed by atoms with van der Waals surface area (Å²) in [5.41, 5.74) is 2.69. The number of ether oxygens (including phenoxy) is 2. The number of methoxy groups -OCH3 is 2. The number of benzene rings is 2. The van der Waals surface area contributed by atoms with Crippen LogP contribution >= 0.6 is 0 Å². The van der Waals surface area contributed by atoms with Crippen molar-refractivity contribution < 1.29 is 19.4 Å². The second-order valence-electron chi connectivity index (χ2n) is 6.19. The molecule has 0 saturated heterocycles. The van der Waals surface area contributed by atoms with Crippen molar-refractivity contribution in [2.75, 3.05) is 19.5 Å². The first-order chi connectivity index (χ1) is 13.6. The number of rotatable bonds is 8. The number of anilines is 1. The second-order valence-corrected chi connectivity index (χ2v) is 6.19. The Bertz CT molecular complexity index is 905. The molecule has 0 radical (unpaired) electrons. The number of aromatic nitrogens is 1. The zero-order chi connectivity index (χ0) is 19.9. The molecular formula is C22H22N2O4. The van der Waals surface area contributed by atoms with Crippen molar-refractivity contribution in [3.8, 4) is 22.6 Å². The SMILES string of the molecule is COc1cccc(OC)c1-c1ccc(CC(Nc2ccccn2)C(=O)O)cc1. The van der Waals surface area contributed by atoms with Crippen LogP contribution in [-0.4, -0.2) is 36.3 Å². The van der Waals surface area contributed by atoms with Crippen LogP contribution in [0, 0.1) is 0 Å². The summed E-state index contributed by atoms with van der Waals surface area (Å²) in [4.78, 5) is 15.8. The summed E-state index contributed by atoms with van der Waals surface area (Å²) in [5, 5.41) is 12.5. The quantitative estimate of drug-likeness (QED) is 0.619. The minimum Gasteiger partial charge on any atom is -0.496 e. The molecule has 0 spiro atoms. The van der Waals surface area contributed by atoms with Crippen molar-refractivity contribution >= 4 is 11.8 Å². The maximum atomic E-state index is 11.6. The first kappa shape index (κ1) is 19.2. The number of hydrogen-bond acceptors (Lipinski definition) is 5. The van der Waals surface area contributed by atoms with E-state index in [4.69, 9.17) is 9.47 Å². The van der Waals surface area contributed by atoms with Crippen molar-refractivity contribution in [1.82, 2.24) is 4.98 Å². The van der Waals surface area contributed by atoms with Crippen LogP contribution in [-0.2, 0) is 11.2 Å². The molecule has 1 unspecified atom stereocenters. The highest BCUT2D eigenvalue weighted by atomic mass is 16.5. The lowest BCUT2D eigenvalue weighted by atomic mass is 9.99. The summed E-state index contributed by atoms with van der Waals surface area (Å²) in [6.07, 6.45) is 1.95. The highest BCUT2D eigenvalue weighted by molar-refractivity contribution is 5.78. The molecule has 1 atom stereocenters. The molecule has 0 bridgehead atoms. The van der Waals surface area contributed by atoms with Gasteiger partial charge in [0.25, 0.3) is 0 Å². The Labute approximate surface area is 163 Å². The Morgan fingerprint density at radius 2 is 1.68 bits per heavy atom. The zero-order valence-electron chi connectivity index (χ0n) is 15.8. The molecule has 3 rings (SSSR count). The zero-order valence-corrected chi connectivity index (χ0v) is 15.8. The van der Waals surface area contributed by atoms with Gasteiger partial charge >= 0.3 is 5.97 Å². The van der Waals surface area contributed by atoms with Gasteiger partial charge in [-0.05, 0) is 35.4 Å². The molecule has 28 heavy (non-hydrogen) atoms. The Kier molecular flexibility index (Phi) is 6.11. The van der Waals surface area contributed by atoms with Gasteiger partial charge in [0.2, 0.25) is 0 Å². The predicted molar refractivity (Wildman–Crippen MR) is 108 cm³/mol. The van der Waals surface area contributed by atoms with Crippen molar-refractivity contribution in [3.63, 3.8) is 0 Å². The van der Waals surface area contributed by atoms with Crippen molar-refractivity contribution in [3.05, 3.63) is 72.4 Å². The fraction of sp³-hybridized carbons (Fsp3) is 0.182. The first-order valence-electron chi connectivity index (χ1n) is 8.83. The first-order valence-corrected chi connectivity index (χ1v) is 8.83. The highest BCUT2D eigenvalue weighted by Gasteiger charge is 2.19. The number of nitrogens with zero attached hydrogens (tertiary/aromatic N) is 1. The van der Waals surface area contributed by atoms with E-state index in [1.807, 2.05) is 48.5 Å². The van der Waals surface area contributed by atoms with Crippen LogP contribution in [0.25, 0.3) is 11.1 Å². The third-order valence-corrected chi connectivity index (χ3v) is 4.40. The maximum Gasteiger partial charge on any atom is 0.326 e. The molecule has 2 aromatic carbocycles. The van der Waals surface area contributed by atoms with Crippen LogP contribution < -0.4 is 14.8 Å². The monoisotopic (exact) mass is 378 g/mol. The largest absolute Gasteiger partial charge is 0.496 e. The lowest BCUT2D eigenvalue weighted by Crippen LogP contribution is -2.31. The van der Waals surface area contributed by atoms with Crippen LogP contribution in [0.5, 0.6) is 11.5 Å². The average Bonchev–Trinajstić information content (AvgIpc) is 2.74. The molecule has 0 aliphatic rings. The van der Waals surface area contributed by atoms with Crippen LogP contribution in [0.1, 0.15) is 5.56 Å². The molecule has 6 nitrogen and oxygen atoms in total. The van der Waals surface area contributed by atoms with Gasteiger partial charge in [0.1, 0.15) is 23.4 Å². The third-order valence-electron chi connectivity index (χ3n) is 4.40. The number of pyridine rings is 1. The molecule has 3 aromatic rings. The van der Waals surface area contributed by atoms with Crippen molar-refractivity contribution in [1.29, 1.82) is 0 Å². The summed E-state index contributed by atoms with van der Waals surface area (Å²) in [7, 11) is 3.24. The second kappa shape index (κ2) is 8.90. The fourth-order valence-corrected chi connectivity index (χ4v) is 3.01. The molecule has 0 saturated carbocycles. The molecule has 1 aromatic heterocycles. The minimum atomic E-state index is -0.930. The van der Waals surface area contributed by atoms with E-state index in [1.54, 1.807) is 32.5 Å². The predicted octanol–water partition coefficient (Wildman–Crippen LogP) is 3.87. The normalized spacial score (nSPS) is 11.5. The van der Waals surface area contributed by atoms with Crippen molar-refractivity contribution in [2.45, 2.75) is 12.5 Å². The maximum absolute atomic E-state index is 11.6. The number of carboxylic acid groups (broad SMARTS) is 1. The van der Waals surface area contributed by atoms with E-state index in [0.29, 0.717) is 23.7 Å². The van der Waals surface area contributed by atoms with E-state index < -0.39 is 12.0 Å². The molecule has 2 N–H and O–H groups in total. The van der Waals surface area contributed by atoms with Crippen LogP contribution in [0.15, 0.2) is 66.9 Å². The summed E-state index contributed by atoms with van der Waals surface area (Å²) >= 11 is 0. The summed E-state index contributed by atoms with van der Waals surface area (Å²) in [6, 6.07) is 17.9. The highest BCUT2D eigenvalue weighted by Crippen LogP contribution is 2.38. The summed E-state index contributed by atoms with van der Waals surface area (Å²) < 4.78 is 10.9. The molecule has 1 heterocycles. The van der Waals surface area contributed by atoms with Gasteiger partial charge < -0.3 is 19.9 Å². The Balaban J connectivity index is 1.82. The molecule has 0 aliphatic carbocycles. The number of carboxylic acids is 1. The Morgan fingerprint density at radius 1 is 1.00 bits per heavy atom. The molecular weight excluding hydrogens is 356 g/mol. The minimum absolute atomic E-state index is 0.329. The smallest absolute Gasteiger partial charge is 0.326 e. The number of hydrogen-bond donors (Lipinski definition) is 2. The molecule has 0 fully saturated rings. The van der Waals surface area contributed by atoms with Crippen LogP contribution in [0.2, 0.25) is 0 Å². The number of aliphatic carboxylic acids is 1. The van der Waals surface area contributed by atoms with Gasteiger partial charge in [0.05, 0.1) is 19.8 Å². The summed E-state index contributed by atoms with van der Waals surface area (Å²) in [6.45, 7) is 0. The van der Waals surface area contributed by atoms with E-state index in [0.717, 1.165) is 16.7 Å². The van der Waals surface area contributed by atoms with Crippen LogP contribution in [0.4, 0.5) is 5.82 Å². The van der Waals surface area contributed by atoms with Gasteiger partial charge in [-0.25, -0.2) is 9.78 Å². The van der Waals surface area contributed by atoms with E-state index in [1.165, 1.54) is 0 Å². The lowest BCUT2D eigenvalue weighted by molar-refractivity contribution is -0.137. The third kappa shape index (κ3) is 4.40. The van der Waals surface area contributed by atoms with Gasteiger partial charge in [0.15, 0.2) is 0 Å². The Hall–Kier alpha value is -3.54. The van der Waals surface area contributed by atoms with Crippen LogP contribution in [0.3, 0.4) is 0 Å². The topological polar surface area (TPSA) is 80.7 Å². The summed E-state index contributed by atoms with van der Waals surface area (Å²) in [5.74, 6) is 1.03. The number of nitrogens with one attached hydrogen (secondary N) is 1. The van der Waals surface area contributed by atoms with E-state index in [-0.39, 0.29) is 0 Å². The standard InChI is InChI=1S/C22H22N2O4/c1-27-18-6-5-7-19(28-2)21(18)16-11-9-15(10-12-16)14-17(22(25)26)24-20-8-3-4-13-23-20/h3-13,17H,14H2,1-2H3,(H,23,24)(H,25,26). The molecule has 0 amide bonds. The van der Waals surface area contributed by atoms with Gasteiger partial charge in [-0.3, -0.25) is 0 Å². The van der Waals surface area contributed by atoms with Gasteiger partial charge in [-0.1, -0.05) is 36.4 Å². The van der Waals surface area contributed by atoms with E-state index in [9.17, 15) is 9.90 Å². The van der Waals surface area contributed by atoms with Gasteiger partial charge in [-0.2, -0.15) is 0 Å². The Morgan fingerprint density at radius 3 is 2.21 bits per heavy atom. The van der Waals surface area contributed by atoms with E-state index >= 15 is 0 Å². The fourth-order valence-electron chi connectivity index (χ4n) is 3.01. The van der Waals surface area contributed by atoms with E-state index in [2.05, 4.69) is 10.3 Å². The lowest BCUT2D eigenvalue weighted by Gasteiger charge is -2.16. The van der Waals surface area contributed by atoms with Gasteiger partial charge in [-0.15, -0.1) is 0 Å². The molecule has 0 aliphatic heterocycles. The van der Waals surface area contributed by atoms with Crippen molar-refractivity contribution in [2.24, 2.45) is 0 Å². The number of carbonyl (C=O) groups is 1.